The maximum absolute atomic E-state index is 5.94. The molecule has 0 amide bonds. The quantitative estimate of drug-likeness (QED) is 0.427. The minimum atomic E-state index is 0.492. The van der Waals surface area contributed by atoms with Crippen LogP contribution in [0.15, 0.2) is 10.4 Å². The highest BCUT2D eigenvalue weighted by Crippen LogP contribution is 2.20. The molecule has 6 nitrogen and oxygen atoms in total. The van der Waals surface area contributed by atoms with Gasteiger partial charge in [0.15, 0.2) is 11.1 Å². The maximum Gasteiger partial charge on any atom is 0.191 e. The van der Waals surface area contributed by atoms with Gasteiger partial charge in [-0.1, -0.05) is 19.3 Å². The van der Waals surface area contributed by atoms with E-state index in [0.717, 1.165) is 36.4 Å². The van der Waals surface area contributed by atoms with Gasteiger partial charge in [0, 0.05) is 39.7 Å². The van der Waals surface area contributed by atoms with Crippen molar-refractivity contribution in [1.29, 1.82) is 0 Å². The van der Waals surface area contributed by atoms with Gasteiger partial charge in [0.2, 0.25) is 0 Å². The van der Waals surface area contributed by atoms with Gasteiger partial charge in [-0.15, -0.1) is 11.3 Å². The first-order valence-corrected chi connectivity index (χ1v) is 9.75. The Hall–Kier alpha value is -1.34. The zero-order chi connectivity index (χ0) is 17.2. The fraction of sp³-hybridized carbons (Fsp3) is 0.765. The Kier molecular flexibility index (Phi) is 8.32. The minimum Gasteiger partial charge on any atom is -0.378 e. The Bertz CT molecular complexity index is 497. The Morgan fingerprint density at radius 3 is 2.79 bits per heavy atom. The summed E-state index contributed by atoms with van der Waals surface area (Å²) in [7, 11) is 5.80. The van der Waals surface area contributed by atoms with Crippen molar-refractivity contribution >= 4 is 22.4 Å². The van der Waals surface area contributed by atoms with Crippen LogP contribution in [0.4, 0.5) is 5.13 Å². The second-order valence-corrected chi connectivity index (χ2v) is 7.19. The van der Waals surface area contributed by atoms with Crippen molar-refractivity contribution in [3.63, 3.8) is 0 Å². The van der Waals surface area contributed by atoms with Gasteiger partial charge < -0.3 is 20.3 Å². The number of anilines is 1. The van der Waals surface area contributed by atoms with E-state index in [1.165, 1.54) is 32.1 Å². The molecule has 24 heavy (non-hydrogen) atoms. The largest absolute Gasteiger partial charge is 0.378 e. The summed E-state index contributed by atoms with van der Waals surface area (Å²) in [6.45, 7) is 2.38. The van der Waals surface area contributed by atoms with Crippen LogP contribution in [-0.4, -0.2) is 51.3 Å². The first-order valence-electron chi connectivity index (χ1n) is 8.87. The third-order valence-corrected chi connectivity index (χ3v) is 5.16. The van der Waals surface area contributed by atoms with Crippen LogP contribution in [0.1, 0.15) is 44.2 Å². The summed E-state index contributed by atoms with van der Waals surface area (Å²) in [6.07, 6.45) is 7.99. The molecule has 1 saturated carbocycles. The van der Waals surface area contributed by atoms with Gasteiger partial charge in [-0.25, -0.2) is 4.98 Å². The van der Waals surface area contributed by atoms with Gasteiger partial charge in [0.25, 0.3) is 0 Å². The van der Waals surface area contributed by atoms with Crippen LogP contribution in [0, 0.1) is 0 Å². The monoisotopic (exact) mass is 353 g/mol. The van der Waals surface area contributed by atoms with Crippen LogP contribution in [0.5, 0.6) is 0 Å². The van der Waals surface area contributed by atoms with E-state index in [2.05, 4.69) is 26.0 Å². The molecule has 0 aliphatic heterocycles. The average Bonchev–Trinajstić information content (AvgIpc) is 3.07. The molecule has 1 aliphatic rings. The standard InChI is InChI=1S/C17H31N5OS/c1-18-16(20-12-14-13-24-17(21-14)22(2)3)19-10-7-11-23-15-8-5-4-6-9-15/h13,15H,4-12H2,1-3H3,(H2,18,19,20). The van der Waals surface area contributed by atoms with Gasteiger partial charge >= 0.3 is 0 Å². The van der Waals surface area contributed by atoms with E-state index in [1.54, 1.807) is 18.4 Å². The highest BCUT2D eigenvalue weighted by molar-refractivity contribution is 7.13. The van der Waals surface area contributed by atoms with Crippen molar-refractivity contribution in [2.45, 2.75) is 51.2 Å². The van der Waals surface area contributed by atoms with E-state index in [9.17, 15) is 0 Å². The normalized spacial score (nSPS) is 16.2. The zero-order valence-electron chi connectivity index (χ0n) is 15.2. The lowest BCUT2D eigenvalue weighted by Crippen LogP contribution is -2.37. The van der Waals surface area contributed by atoms with Crippen LogP contribution in [0.25, 0.3) is 0 Å². The molecule has 0 unspecified atom stereocenters. The fourth-order valence-corrected chi connectivity index (χ4v) is 3.50. The molecule has 0 spiro atoms. The number of aromatic nitrogens is 1. The number of hydrogen-bond donors (Lipinski definition) is 2. The van der Waals surface area contributed by atoms with Crippen LogP contribution in [-0.2, 0) is 11.3 Å². The number of ether oxygens (including phenoxy) is 1. The highest BCUT2D eigenvalue weighted by Gasteiger charge is 2.13. The van der Waals surface area contributed by atoms with Crippen molar-refractivity contribution in [3.8, 4) is 0 Å². The van der Waals surface area contributed by atoms with E-state index >= 15 is 0 Å². The lowest BCUT2D eigenvalue weighted by Gasteiger charge is -2.22. The Morgan fingerprint density at radius 1 is 1.33 bits per heavy atom. The molecule has 0 aromatic carbocycles. The molecule has 1 fully saturated rings. The molecule has 0 atom stereocenters. The predicted octanol–water partition coefficient (Wildman–Crippen LogP) is 2.61. The van der Waals surface area contributed by atoms with Crippen LogP contribution < -0.4 is 15.5 Å². The molecular weight excluding hydrogens is 322 g/mol. The number of nitrogens with zero attached hydrogens (tertiary/aromatic N) is 3. The van der Waals surface area contributed by atoms with Gasteiger partial charge in [0.05, 0.1) is 18.3 Å². The summed E-state index contributed by atoms with van der Waals surface area (Å²) in [5, 5.41) is 9.73. The smallest absolute Gasteiger partial charge is 0.191 e. The zero-order valence-corrected chi connectivity index (χ0v) is 16.0. The summed E-state index contributed by atoms with van der Waals surface area (Å²) >= 11 is 1.65. The highest BCUT2D eigenvalue weighted by atomic mass is 32.1. The molecule has 0 bridgehead atoms. The maximum atomic E-state index is 5.94. The number of rotatable bonds is 8. The molecule has 1 aromatic rings. The summed E-state index contributed by atoms with van der Waals surface area (Å²) in [5.74, 6) is 0.812. The predicted molar refractivity (Wildman–Crippen MR) is 102 cm³/mol. The van der Waals surface area contributed by atoms with Gasteiger partial charge in [-0.3, -0.25) is 4.99 Å². The van der Waals surface area contributed by atoms with Crippen molar-refractivity contribution in [2.75, 3.05) is 39.2 Å². The first kappa shape index (κ1) is 19.0. The third-order valence-electron chi connectivity index (χ3n) is 4.10. The topological polar surface area (TPSA) is 61.8 Å². The van der Waals surface area contributed by atoms with E-state index in [4.69, 9.17) is 4.74 Å². The van der Waals surface area contributed by atoms with Crippen molar-refractivity contribution in [3.05, 3.63) is 11.1 Å². The number of hydrogen-bond acceptors (Lipinski definition) is 5. The van der Waals surface area contributed by atoms with Crippen molar-refractivity contribution in [1.82, 2.24) is 15.6 Å². The molecule has 7 heteroatoms. The second kappa shape index (κ2) is 10.5. The summed E-state index contributed by atoms with van der Waals surface area (Å²) in [6, 6.07) is 0. The SMILES string of the molecule is CN=C(NCCCOC1CCCCC1)NCc1csc(N(C)C)n1. The van der Waals surface area contributed by atoms with E-state index in [0.29, 0.717) is 12.6 Å². The number of nitrogens with one attached hydrogen (secondary N) is 2. The molecule has 2 N–H and O–H groups in total. The summed E-state index contributed by atoms with van der Waals surface area (Å²) in [5.41, 5.74) is 1.03. The lowest BCUT2D eigenvalue weighted by atomic mass is 9.98. The molecule has 0 radical (unpaired) electrons. The van der Waals surface area contributed by atoms with Gasteiger partial charge in [-0.2, -0.15) is 0 Å². The molecule has 1 aliphatic carbocycles. The molecule has 2 rings (SSSR count). The van der Waals surface area contributed by atoms with Crippen LogP contribution >= 0.6 is 11.3 Å². The van der Waals surface area contributed by atoms with E-state index in [-0.39, 0.29) is 0 Å². The van der Waals surface area contributed by atoms with Gasteiger partial charge in [-0.05, 0) is 19.3 Å². The molecular formula is C17H31N5OS. The number of aliphatic imine (C=N–C) groups is 1. The lowest BCUT2D eigenvalue weighted by molar-refractivity contribution is 0.0277. The summed E-state index contributed by atoms with van der Waals surface area (Å²) in [4.78, 5) is 10.8. The summed E-state index contributed by atoms with van der Waals surface area (Å²) < 4.78 is 5.94. The fourth-order valence-electron chi connectivity index (χ4n) is 2.74. The first-order chi connectivity index (χ1) is 11.7. The third kappa shape index (κ3) is 6.65. The minimum absolute atomic E-state index is 0.492. The Morgan fingerprint density at radius 2 is 2.12 bits per heavy atom. The average molecular weight is 354 g/mol. The molecule has 0 saturated heterocycles. The molecule has 1 aromatic heterocycles. The Balaban J connectivity index is 1.58. The van der Waals surface area contributed by atoms with Crippen LogP contribution in [0.2, 0.25) is 0 Å². The van der Waals surface area contributed by atoms with Crippen molar-refractivity contribution < 1.29 is 4.74 Å². The molecule has 1 heterocycles. The number of thiazole rings is 1. The van der Waals surface area contributed by atoms with E-state index < -0.39 is 0 Å². The number of guanidine groups is 1. The second-order valence-electron chi connectivity index (χ2n) is 6.35. The molecule has 136 valence electrons. The van der Waals surface area contributed by atoms with E-state index in [1.807, 2.05) is 19.0 Å². The van der Waals surface area contributed by atoms with Crippen molar-refractivity contribution in [2.24, 2.45) is 4.99 Å². The Labute approximate surface area is 149 Å². The van der Waals surface area contributed by atoms with Crippen LogP contribution in [0.3, 0.4) is 0 Å². The van der Waals surface area contributed by atoms with Gasteiger partial charge in [0.1, 0.15) is 0 Å².